The number of rotatable bonds is 10. The maximum absolute atomic E-state index is 12.9. The molecule has 0 amide bonds. The van der Waals surface area contributed by atoms with Crippen molar-refractivity contribution >= 4 is 23.9 Å². The number of carboxylic acid groups (broad SMARTS) is 1. The van der Waals surface area contributed by atoms with E-state index in [-0.39, 0.29) is 31.3 Å². The first-order valence-corrected chi connectivity index (χ1v) is 12.5. The lowest BCUT2D eigenvalue weighted by Gasteiger charge is -2.35. The normalized spacial score (nSPS) is 18.4. The number of carbonyl (C=O) groups is 4. The highest BCUT2D eigenvalue weighted by Gasteiger charge is 2.42. The van der Waals surface area contributed by atoms with Crippen molar-refractivity contribution in [2.24, 2.45) is 0 Å². The summed E-state index contributed by atoms with van der Waals surface area (Å²) in [6.45, 7) is 0. The Bertz CT molecular complexity index is 1320. The second kappa shape index (κ2) is 13.2. The number of esters is 3. The van der Waals surface area contributed by atoms with E-state index in [1.54, 1.807) is 72.8 Å². The number of hydrogen-bond acceptors (Lipinski definition) is 7. The van der Waals surface area contributed by atoms with E-state index in [0.717, 1.165) is 0 Å². The van der Waals surface area contributed by atoms with E-state index in [1.807, 2.05) is 18.2 Å². The summed E-state index contributed by atoms with van der Waals surface area (Å²) >= 11 is 0. The highest BCUT2D eigenvalue weighted by Crippen LogP contribution is 2.28. The number of benzene rings is 3. The summed E-state index contributed by atoms with van der Waals surface area (Å²) in [5.41, 5.74) is 2.00. The van der Waals surface area contributed by atoms with Gasteiger partial charge in [-0.25, -0.2) is 4.79 Å². The van der Waals surface area contributed by atoms with Crippen LogP contribution in [0.25, 0.3) is 0 Å². The average Bonchev–Trinajstić information content (AvgIpc) is 2.91. The zero-order valence-corrected chi connectivity index (χ0v) is 21.1. The number of hydrogen-bond donors (Lipinski definition) is 1. The van der Waals surface area contributed by atoms with Crippen molar-refractivity contribution in [3.8, 4) is 0 Å². The largest absolute Gasteiger partial charge is 0.478 e. The van der Waals surface area contributed by atoms with Crippen LogP contribution >= 0.6 is 0 Å². The predicted octanol–water partition coefficient (Wildman–Crippen LogP) is 3.86. The van der Waals surface area contributed by atoms with Crippen LogP contribution in [-0.2, 0) is 52.7 Å². The van der Waals surface area contributed by atoms with Crippen LogP contribution in [0.1, 0.15) is 23.1 Å². The van der Waals surface area contributed by atoms with E-state index in [2.05, 4.69) is 0 Å². The first-order chi connectivity index (χ1) is 18.9. The third-order valence-corrected chi connectivity index (χ3v) is 6.14. The molecule has 8 nitrogen and oxygen atoms in total. The molecule has 39 heavy (non-hydrogen) atoms. The first kappa shape index (κ1) is 27.3. The molecule has 1 aliphatic carbocycles. The molecule has 3 atom stereocenters. The van der Waals surface area contributed by atoms with Crippen LogP contribution in [0, 0.1) is 0 Å². The topological polar surface area (TPSA) is 116 Å². The molecule has 0 radical (unpaired) electrons. The molecule has 0 fully saturated rings. The summed E-state index contributed by atoms with van der Waals surface area (Å²) in [6, 6.07) is 26.7. The Kier molecular flexibility index (Phi) is 9.24. The fraction of sp³-hybridized carbons (Fsp3) is 0.226. The van der Waals surface area contributed by atoms with Gasteiger partial charge in [-0.15, -0.1) is 0 Å². The molecule has 1 N–H and O–H groups in total. The highest BCUT2D eigenvalue weighted by atomic mass is 16.6. The van der Waals surface area contributed by atoms with Crippen molar-refractivity contribution in [2.45, 2.75) is 44.0 Å². The number of carbonyl (C=O) groups excluding carboxylic acids is 3. The van der Waals surface area contributed by atoms with E-state index in [1.165, 1.54) is 6.08 Å². The Hall–Kier alpha value is -4.72. The number of ether oxygens (including phenoxy) is 3. The van der Waals surface area contributed by atoms with Gasteiger partial charge in [-0.3, -0.25) is 14.4 Å². The van der Waals surface area contributed by atoms with E-state index in [9.17, 15) is 24.3 Å². The summed E-state index contributed by atoms with van der Waals surface area (Å²) in [5.74, 6) is -3.16. The molecule has 0 aromatic heterocycles. The lowest BCUT2D eigenvalue weighted by atomic mass is 9.91. The average molecular weight is 529 g/mol. The van der Waals surface area contributed by atoms with Crippen molar-refractivity contribution in [1.82, 2.24) is 0 Å². The van der Waals surface area contributed by atoms with Crippen LogP contribution < -0.4 is 0 Å². The van der Waals surface area contributed by atoms with E-state index in [4.69, 9.17) is 14.2 Å². The van der Waals surface area contributed by atoms with Gasteiger partial charge in [0.25, 0.3) is 0 Å². The maximum Gasteiger partial charge on any atom is 0.331 e. The molecule has 0 bridgehead atoms. The summed E-state index contributed by atoms with van der Waals surface area (Å²) in [6.07, 6.45) is -2.85. The summed E-state index contributed by atoms with van der Waals surface area (Å²) in [5, 5.41) is 9.72. The molecule has 0 heterocycles. The summed E-state index contributed by atoms with van der Waals surface area (Å²) in [4.78, 5) is 50.4. The van der Waals surface area contributed by atoms with Crippen LogP contribution in [0.5, 0.6) is 0 Å². The molecular weight excluding hydrogens is 500 g/mol. The van der Waals surface area contributed by atoms with Gasteiger partial charge >= 0.3 is 23.9 Å². The Morgan fingerprint density at radius 3 is 1.46 bits per heavy atom. The lowest BCUT2D eigenvalue weighted by molar-refractivity contribution is -0.182. The van der Waals surface area contributed by atoms with Crippen LogP contribution in [0.2, 0.25) is 0 Å². The molecule has 0 saturated carbocycles. The van der Waals surface area contributed by atoms with Crippen LogP contribution in [-0.4, -0.2) is 47.3 Å². The summed E-state index contributed by atoms with van der Waals surface area (Å²) < 4.78 is 17.0. The molecule has 4 rings (SSSR count). The first-order valence-electron chi connectivity index (χ1n) is 12.5. The Balaban J connectivity index is 1.56. The Morgan fingerprint density at radius 2 is 1.03 bits per heavy atom. The zero-order chi connectivity index (χ0) is 27.6. The van der Waals surface area contributed by atoms with Crippen LogP contribution in [0.15, 0.2) is 103 Å². The van der Waals surface area contributed by atoms with Crippen molar-refractivity contribution in [1.29, 1.82) is 0 Å². The smallest absolute Gasteiger partial charge is 0.331 e. The molecule has 0 saturated heterocycles. The predicted molar refractivity (Wildman–Crippen MR) is 140 cm³/mol. The van der Waals surface area contributed by atoms with Gasteiger partial charge in [0.05, 0.1) is 19.3 Å². The molecule has 200 valence electrons. The van der Waals surface area contributed by atoms with Crippen LogP contribution in [0.4, 0.5) is 0 Å². The van der Waals surface area contributed by atoms with E-state index < -0.39 is 42.2 Å². The minimum atomic E-state index is -1.27. The van der Waals surface area contributed by atoms with Gasteiger partial charge in [0.2, 0.25) is 0 Å². The van der Waals surface area contributed by atoms with Crippen molar-refractivity contribution in [2.75, 3.05) is 0 Å². The Labute approximate surface area is 225 Å². The highest BCUT2D eigenvalue weighted by molar-refractivity contribution is 5.87. The summed E-state index contributed by atoms with van der Waals surface area (Å²) in [7, 11) is 0. The monoisotopic (exact) mass is 528 g/mol. The standard InChI is InChI=1S/C31H28O8/c32-27(16-21-10-4-1-5-11-21)37-25-19-24(31(35)36)20-26(38-28(33)17-22-12-6-2-7-13-22)30(25)39-29(34)18-23-14-8-3-9-15-23/h1-15,19,25-26,30H,16-18,20H2,(H,35,36). The molecule has 3 aromatic carbocycles. The second-order valence-corrected chi connectivity index (χ2v) is 9.13. The SMILES string of the molecule is O=C(Cc1ccccc1)OC1C=C(C(=O)O)CC(OC(=O)Cc2ccccc2)C1OC(=O)Cc1ccccc1. The third-order valence-electron chi connectivity index (χ3n) is 6.14. The van der Waals surface area contributed by atoms with Crippen molar-refractivity contribution in [3.63, 3.8) is 0 Å². The van der Waals surface area contributed by atoms with E-state index >= 15 is 0 Å². The molecule has 0 spiro atoms. The zero-order valence-electron chi connectivity index (χ0n) is 21.1. The lowest BCUT2D eigenvalue weighted by Crippen LogP contribution is -2.48. The van der Waals surface area contributed by atoms with Gasteiger partial charge in [-0.2, -0.15) is 0 Å². The number of carboxylic acids is 1. The van der Waals surface area contributed by atoms with Gasteiger partial charge in [-0.1, -0.05) is 91.0 Å². The third kappa shape index (κ3) is 8.13. The van der Waals surface area contributed by atoms with E-state index in [0.29, 0.717) is 16.7 Å². The van der Waals surface area contributed by atoms with Crippen LogP contribution in [0.3, 0.4) is 0 Å². The molecule has 3 aromatic rings. The van der Waals surface area contributed by atoms with Crippen molar-refractivity contribution in [3.05, 3.63) is 119 Å². The molecule has 0 aliphatic heterocycles. The van der Waals surface area contributed by atoms with Crippen molar-refractivity contribution < 1.29 is 38.5 Å². The van der Waals surface area contributed by atoms with Gasteiger partial charge < -0.3 is 19.3 Å². The van der Waals surface area contributed by atoms with Gasteiger partial charge in [0, 0.05) is 12.0 Å². The van der Waals surface area contributed by atoms with Gasteiger partial charge in [0.15, 0.2) is 12.2 Å². The van der Waals surface area contributed by atoms with Gasteiger partial charge in [-0.05, 0) is 22.8 Å². The fourth-order valence-electron chi connectivity index (χ4n) is 4.30. The Morgan fingerprint density at radius 1 is 0.615 bits per heavy atom. The maximum atomic E-state index is 12.9. The molecular formula is C31H28O8. The minimum Gasteiger partial charge on any atom is -0.478 e. The minimum absolute atomic E-state index is 0.0629. The number of aliphatic carboxylic acids is 1. The van der Waals surface area contributed by atoms with Gasteiger partial charge in [0.1, 0.15) is 6.10 Å². The molecule has 8 heteroatoms. The second-order valence-electron chi connectivity index (χ2n) is 9.13. The molecule has 1 aliphatic rings. The molecule has 3 unspecified atom stereocenters. The quantitative estimate of drug-likeness (QED) is 0.312. The fourth-order valence-corrected chi connectivity index (χ4v) is 4.30.